The van der Waals surface area contributed by atoms with Crippen molar-refractivity contribution in [2.75, 3.05) is 6.61 Å². The fourth-order valence-electron chi connectivity index (χ4n) is 1.98. The molecule has 2 N–H and O–H groups in total. The molecule has 122 valence electrons. The Balaban J connectivity index is 1.88. The van der Waals surface area contributed by atoms with E-state index in [2.05, 4.69) is 21.2 Å². The summed E-state index contributed by atoms with van der Waals surface area (Å²) in [5, 5.41) is 11.5. The highest BCUT2D eigenvalue weighted by atomic mass is 79.9. The van der Waals surface area contributed by atoms with Crippen molar-refractivity contribution in [3.05, 3.63) is 50.6 Å². The van der Waals surface area contributed by atoms with Crippen molar-refractivity contribution in [1.29, 1.82) is 0 Å². The number of thiophene rings is 1. The summed E-state index contributed by atoms with van der Waals surface area (Å²) in [6.07, 6.45) is 0.348. The molecule has 0 aliphatic heterocycles. The lowest BCUT2D eigenvalue weighted by Gasteiger charge is -2.14. The molecule has 1 amide bonds. The van der Waals surface area contributed by atoms with Crippen LogP contribution in [0, 0.1) is 0 Å². The molecular weight excluding hydrogens is 382 g/mol. The van der Waals surface area contributed by atoms with Gasteiger partial charge in [0.1, 0.15) is 5.75 Å². The zero-order valence-electron chi connectivity index (χ0n) is 12.4. The first kappa shape index (κ1) is 17.5. The lowest BCUT2D eigenvalue weighted by Crippen LogP contribution is -2.27. The smallest absolute Gasteiger partial charge is 0.341 e. The predicted molar refractivity (Wildman–Crippen MR) is 91.9 cm³/mol. The number of carbonyl (C=O) groups excluding carboxylic acids is 1. The maximum absolute atomic E-state index is 12.0. The highest BCUT2D eigenvalue weighted by Crippen LogP contribution is 2.23. The van der Waals surface area contributed by atoms with E-state index in [1.54, 1.807) is 23.5 Å². The predicted octanol–water partition coefficient (Wildman–Crippen LogP) is 3.39. The number of carboxylic acid groups (broad SMARTS) is 1. The molecule has 0 fully saturated rings. The highest BCUT2D eigenvalue weighted by Gasteiger charge is 2.11. The largest absolute Gasteiger partial charge is 0.482 e. The summed E-state index contributed by atoms with van der Waals surface area (Å²) in [4.78, 5) is 23.5. The van der Waals surface area contributed by atoms with E-state index >= 15 is 0 Å². The Bertz CT molecular complexity index is 684. The second-order valence-electron chi connectivity index (χ2n) is 4.92. The molecule has 1 atom stereocenters. The van der Waals surface area contributed by atoms with E-state index in [0.29, 0.717) is 12.2 Å². The quantitative estimate of drug-likeness (QED) is 0.750. The molecule has 2 aromatic rings. The van der Waals surface area contributed by atoms with Crippen LogP contribution in [0.4, 0.5) is 0 Å². The molecule has 1 aromatic heterocycles. The second kappa shape index (κ2) is 8.12. The summed E-state index contributed by atoms with van der Waals surface area (Å²) in [6, 6.07) is 10.7. The minimum absolute atomic E-state index is 0.0435. The molecule has 0 saturated heterocycles. The third-order valence-electron chi connectivity index (χ3n) is 3.08. The van der Waals surface area contributed by atoms with E-state index in [1.807, 2.05) is 31.2 Å². The highest BCUT2D eigenvalue weighted by molar-refractivity contribution is 9.11. The monoisotopic (exact) mass is 397 g/mol. The first-order valence-corrected chi connectivity index (χ1v) is 8.53. The fraction of sp³-hybridized carbons (Fsp3) is 0.250. The van der Waals surface area contributed by atoms with E-state index < -0.39 is 5.97 Å². The topological polar surface area (TPSA) is 75.6 Å². The lowest BCUT2D eigenvalue weighted by atomic mass is 10.1. The molecule has 23 heavy (non-hydrogen) atoms. The molecular formula is C16H16BrNO4S. The molecule has 0 bridgehead atoms. The molecule has 5 nitrogen and oxygen atoms in total. The Morgan fingerprint density at radius 3 is 2.52 bits per heavy atom. The van der Waals surface area contributed by atoms with Gasteiger partial charge in [-0.05, 0) is 52.7 Å². The average molecular weight is 398 g/mol. The van der Waals surface area contributed by atoms with Crippen LogP contribution in [0.2, 0.25) is 0 Å². The van der Waals surface area contributed by atoms with E-state index in [9.17, 15) is 9.59 Å². The van der Waals surface area contributed by atoms with Crippen LogP contribution in [0.3, 0.4) is 0 Å². The summed E-state index contributed by atoms with van der Waals surface area (Å²) in [6.45, 7) is 1.53. The number of halogens is 1. The molecule has 1 aromatic carbocycles. The molecule has 0 saturated carbocycles. The van der Waals surface area contributed by atoms with Crippen LogP contribution >= 0.6 is 27.3 Å². The van der Waals surface area contributed by atoms with Crippen molar-refractivity contribution < 1.29 is 19.4 Å². The number of hydrogen-bond acceptors (Lipinski definition) is 4. The first-order chi connectivity index (χ1) is 10.9. The van der Waals surface area contributed by atoms with Gasteiger partial charge in [0.15, 0.2) is 6.61 Å². The summed E-state index contributed by atoms with van der Waals surface area (Å²) in [5.74, 6) is -0.578. The van der Waals surface area contributed by atoms with E-state index in [1.165, 1.54) is 0 Å². The van der Waals surface area contributed by atoms with Crippen LogP contribution in [0.25, 0.3) is 0 Å². The van der Waals surface area contributed by atoms with E-state index in [4.69, 9.17) is 9.84 Å². The summed E-state index contributed by atoms with van der Waals surface area (Å²) < 4.78 is 6.08. The fourth-order valence-corrected chi connectivity index (χ4v) is 3.46. The summed E-state index contributed by atoms with van der Waals surface area (Å²) in [5.41, 5.74) is 0.924. The van der Waals surface area contributed by atoms with E-state index in [-0.39, 0.29) is 18.6 Å². The van der Waals surface area contributed by atoms with Gasteiger partial charge in [0, 0.05) is 4.88 Å². The van der Waals surface area contributed by atoms with Gasteiger partial charge in [-0.2, -0.15) is 0 Å². The van der Waals surface area contributed by atoms with Gasteiger partial charge in [0.2, 0.25) is 5.91 Å². The van der Waals surface area contributed by atoms with Gasteiger partial charge in [-0.25, -0.2) is 4.79 Å². The van der Waals surface area contributed by atoms with Crippen molar-refractivity contribution in [3.8, 4) is 5.75 Å². The SMILES string of the molecule is CC(NC(=O)Cc1ccc(Br)s1)c1ccc(OCC(=O)O)cc1. The number of amides is 1. The number of hydrogen-bond donors (Lipinski definition) is 2. The van der Waals surface area contributed by atoms with Gasteiger partial charge in [-0.3, -0.25) is 4.79 Å². The molecule has 1 unspecified atom stereocenters. The normalized spacial score (nSPS) is 11.7. The number of rotatable bonds is 7. The van der Waals surface area contributed by atoms with Gasteiger partial charge in [0.05, 0.1) is 16.2 Å². The average Bonchev–Trinajstić information content (AvgIpc) is 2.90. The van der Waals surface area contributed by atoms with Gasteiger partial charge in [-0.15, -0.1) is 11.3 Å². The van der Waals surface area contributed by atoms with Crippen molar-refractivity contribution in [1.82, 2.24) is 5.32 Å². The van der Waals surface area contributed by atoms with Crippen LogP contribution in [0.1, 0.15) is 23.4 Å². The molecule has 0 aliphatic carbocycles. The summed E-state index contributed by atoms with van der Waals surface area (Å²) in [7, 11) is 0. The zero-order chi connectivity index (χ0) is 16.8. The second-order valence-corrected chi connectivity index (χ2v) is 7.47. The number of aliphatic carboxylic acids is 1. The minimum atomic E-state index is -1.02. The molecule has 1 heterocycles. The van der Waals surface area contributed by atoms with Crippen LogP contribution in [-0.2, 0) is 16.0 Å². The standard InChI is InChI=1S/C16H16BrNO4S/c1-10(18-15(19)8-13-6-7-14(17)23-13)11-2-4-12(5-3-11)22-9-16(20)21/h2-7,10H,8-9H2,1H3,(H,18,19)(H,20,21). The Labute approximate surface area is 146 Å². The van der Waals surface area contributed by atoms with Gasteiger partial charge < -0.3 is 15.2 Å². The van der Waals surface area contributed by atoms with Crippen molar-refractivity contribution in [3.63, 3.8) is 0 Å². The molecule has 7 heteroatoms. The van der Waals surface area contributed by atoms with Crippen LogP contribution in [-0.4, -0.2) is 23.6 Å². The number of carboxylic acids is 1. The maximum atomic E-state index is 12.0. The Hall–Kier alpha value is -1.86. The van der Waals surface area contributed by atoms with Crippen LogP contribution in [0.5, 0.6) is 5.75 Å². The number of benzene rings is 1. The number of nitrogens with one attached hydrogen (secondary N) is 1. The molecule has 2 rings (SSSR count). The third kappa shape index (κ3) is 5.69. The van der Waals surface area contributed by atoms with Gasteiger partial charge >= 0.3 is 5.97 Å². The third-order valence-corrected chi connectivity index (χ3v) is 4.71. The van der Waals surface area contributed by atoms with Crippen LogP contribution < -0.4 is 10.1 Å². The first-order valence-electron chi connectivity index (χ1n) is 6.92. The number of ether oxygens (including phenoxy) is 1. The molecule has 0 radical (unpaired) electrons. The maximum Gasteiger partial charge on any atom is 0.341 e. The lowest BCUT2D eigenvalue weighted by molar-refractivity contribution is -0.139. The van der Waals surface area contributed by atoms with Gasteiger partial charge in [0.25, 0.3) is 0 Å². The summed E-state index contributed by atoms with van der Waals surface area (Å²) >= 11 is 4.92. The Kier molecular flexibility index (Phi) is 6.18. The molecule has 0 spiro atoms. The van der Waals surface area contributed by atoms with Crippen LogP contribution in [0.15, 0.2) is 40.2 Å². The Morgan fingerprint density at radius 1 is 1.26 bits per heavy atom. The number of carbonyl (C=O) groups is 2. The van der Waals surface area contributed by atoms with Crippen molar-refractivity contribution >= 4 is 39.1 Å². The van der Waals surface area contributed by atoms with E-state index in [0.717, 1.165) is 14.2 Å². The van der Waals surface area contributed by atoms with Crippen molar-refractivity contribution in [2.45, 2.75) is 19.4 Å². The minimum Gasteiger partial charge on any atom is -0.482 e. The van der Waals surface area contributed by atoms with Gasteiger partial charge in [-0.1, -0.05) is 12.1 Å². The molecule has 0 aliphatic rings. The van der Waals surface area contributed by atoms with Crippen molar-refractivity contribution in [2.24, 2.45) is 0 Å². The Morgan fingerprint density at radius 2 is 1.96 bits per heavy atom. The zero-order valence-corrected chi connectivity index (χ0v) is 14.8.